The molecule has 0 aromatic heterocycles. The maximum atomic E-state index is 13.7. The van der Waals surface area contributed by atoms with Gasteiger partial charge in [-0.15, -0.1) is 0 Å². The van der Waals surface area contributed by atoms with Gasteiger partial charge in [-0.2, -0.15) is 4.31 Å². The molecule has 2 aliphatic rings. The molecule has 11 nitrogen and oxygen atoms in total. The van der Waals surface area contributed by atoms with Crippen LogP contribution in [0.15, 0.2) is 47.4 Å². The third-order valence-electron chi connectivity index (χ3n) is 7.75. The van der Waals surface area contributed by atoms with Crippen LogP contribution in [0, 0.1) is 11.8 Å². The van der Waals surface area contributed by atoms with Crippen molar-refractivity contribution in [1.29, 1.82) is 0 Å². The number of rotatable bonds is 9. The Morgan fingerprint density at radius 2 is 1.88 bits per heavy atom. The summed E-state index contributed by atoms with van der Waals surface area (Å²) in [5.41, 5.74) is 0.566. The van der Waals surface area contributed by atoms with Crippen LogP contribution in [0.25, 0.3) is 0 Å². The second-order valence-corrected chi connectivity index (χ2v) is 12.7. The van der Waals surface area contributed by atoms with Crippen LogP contribution >= 0.6 is 0 Å². The van der Waals surface area contributed by atoms with Crippen LogP contribution in [-0.2, 0) is 19.6 Å². The average molecular weight is 590 g/mol. The highest BCUT2D eigenvalue weighted by atomic mass is 32.2. The number of benzene rings is 2. The summed E-state index contributed by atoms with van der Waals surface area (Å²) in [5.74, 6) is -0.366. The first-order valence-corrected chi connectivity index (χ1v) is 15.2. The molecule has 2 heterocycles. The molecule has 224 valence electrons. The van der Waals surface area contributed by atoms with Crippen LogP contribution < -0.4 is 14.8 Å². The van der Waals surface area contributed by atoms with Crippen LogP contribution in [0.1, 0.15) is 37.0 Å². The lowest BCUT2D eigenvalue weighted by atomic mass is 9.98. The molecule has 3 atom stereocenters. The van der Waals surface area contributed by atoms with Gasteiger partial charge in [0.15, 0.2) is 5.75 Å². The molecule has 0 spiro atoms. The van der Waals surface area contributed by atoms with Crippen LogP contribution in [-0.4, -0.2) is 93.8 Å². The van der Waals surface area contributed by atoms with Crippen molar-refractivity contribution in [3.63, 3.8) is 0 Å². The minimum Gasteiger partial charge on any atom is -0.497 e. The Hall–Kier alpha value is -3.19. The van der Waals surface area contributed by atoms with E-state index in [9.17, 15) is 23.1 Å². The summed E-state index contributed by atoms with van der Waals surface area (Å²) in [7, 11) is -0.892. The van der Waals surface area contributed by atoms with Gasteiger partial charge in [-0.1, -0.05) is 13.0 Å². The van der Waals surface area contributed by atoms with E-state index in [1.807, 2.05) is 6.92 Å². The summed E-state index contributed by atoms with van der Waals surface area (Å²) >= 11 is 0. The van der Waals surface area contributed by atoms with E-state index in [1.54, 1.807) is 42.2 Å². The summed E-state index contributed by atoms with van der Waals surface area (Å²) < 4.78 is 45.1. The molecular weight excluding hydrogens is 550 g/mol. The van der Waals surface area contributed by atoms with Gasteiger partial charge >= 0.3 is 0 Å². The standard InChI is InChI=1S/C29H39N3O8S/c1-19-16-32(20(2)18-33)29(35)24-6-5-7-25(30-28(34)21-12-14-39-15-13-21)27(24)40-26(19)17-31(3)41(36,37)23-10-8-22(38-4)9-11-23/h5-11,19-21,26,33H,12-18H2,1-4H3,(H,30,34)/t19-,20-,26+/m0/s1. The number of aliphatic hydroxyl groups is 1. The molecule has 41 heavy (non-hydrogen) atoms. The number of para-hydroxylation sites is 1. The van der Waals surface area contributed by atoms with E-state index in [0.29, 0.717) is 37.5 Å². The molecule has 0 unspecified atom stereocenters. The third kappa shape index (κ3) is 6.83. The highest BCUT2D eigenvalue weighted by Crippen LogP contribution is 2.36. The van der Waals surface area contributed by atoms with Gasteiger partial charge in [0, 0.05) is 38.6 Å². The molecule has 1 fully saturated rings. The van der Waals surface area contributed by atoms with Crippen molar-refractivity contribution in [2.24, 2.45) is 11.8 Å². The molecule has 4 rings (SSSR count). The van der Waals surface area contributed by atoms with Gasteiger partial charge in [-0.25, -0.2) is 8.42 Å². The molecular formula is C29H39N3O8S. The van der Waals surface area contributed by atoms with E-state index in [2.05, 4.69) is 5.32 Å². The number of fused-ring (bicyclic) bond motifs is 1. The minimum atomic E-state index is -3.88. The van der Waals surface area contributed by atoms with Crippen LogP contribution in [0.3, 0.4) is 0 Å². The fraction of sp³-hybridized carbons (Fsp3) is 0.517. The van der Waals surface area contributed by atoms with Crippen molar-refractivity contribution in [1.82, 2.24) is 9.21 Å². The molecule has 0 aliphatic carbocycles. The van der Waals surface area contributed by atoms with E-state index in [0.717, 1.165) is 0 Å². The Labute approximate surface area is 241 Å². The maximum absolute atomic E-state index is 13.7. The van der Waals surface area contributed by atoms with E-state index in [-0.39, 0.29) is 59.6 Å². The Morgan fingerprint density at radius 3 is 2.51 bits per heavy atom. The number of nitrogens with one attached hydrogen (secondary N) is 1. The number of hydrogen-bond donors (Lipinski definition) is 2. The van der Waals surface area contributed by atoms with Gasteiger partial charge in [0.25, 0.3) is 5.91 Å². The predicted molar refractivity (Wildman–Crippen MR) is 153 cm³/mol. The number of likely N-dealkylation sites (N-methyl/N-ethyl adjacent to an activating group) is 1. The van der Waals surface area contributed by atoms with Gasteiger partial charge in [0.05, 0.1) is 42.4 Å². The number of amides is 2. The largest absolute Gasteiger partial charge is 0.497 e. The van der Waals surface area contributed by atoms with Gasteiger partial charge in [-0.05, 0) is 56.2 Å². The third-order valence-corrected chi connectivity index (χ3v) is 9.58. The van der Waals surface area contributed by atoms with Crippen LogP contribution in [0.2, 0.25) is 0 Å². The molecule has 2 aliphatic heterocycles. The van der Waals surface area contributed by atoms with Crippen molar-refractivity contribution in [2.75, 3.05) is 52.4 Å². The maximum Gasteiger partial charge on any atom is 0.258 e. The molecule has 1 saturated heterocycles. The van der Waals surface area contributed by atoms with E-state index in [4.69, 9.17) is 14.2 Å². The van der Waals surface area contributed by atoms with Crippen LogP contribution in [0.4, 0.5) is 5.69 Å². The van der Waals surface area contributed by atoms with E-state index < -0.39 is 22.2 Å². The normalized spacial score (nSPS) is 20.9. The summed E-state index contributed by atoms with van der Waals surface area (Å²) in [6.45, 7) is 4.60. The first-order chi connectivity index (χ1) is 19.6. The number of nitrogens with zero attached hydrogens (tertiary/aromatic N) is 2. The molecule has 2 N–H and O–H groups in total. The Morgan fingerprint density at radius 1 is 1.20 bits per heavy atom. The van der Waals surface area contributed by atoms with Crippen molar-refractivity contribution in [2.45, 2.75) is 43.7 Å². The summed E-state index contributed by atoms with van der Waals surface area (Å²) in [5, 5.41) is 12.9. The smallest absolute Gasteiger partial charge is 0.258 e. The Balaban J connectivity index is 1.68. The zero-order chi connectivity index (χ0) is 29.7. The quantitative estimate of drug-likeness (QED) is 0.456. The second-order valence-electron chi connectivity index (χ2n) is 10.6. The van der Waals surface area contributed by atoms with Crippen LogP contribution in [0.5, 0.6) is 11.5 Å². The van der Waals surface area contributed by atoms with Gasteiger partial charge in [0.1, 0.15) is 11.9 Å². The number of hydrogen-bond acceptors (Lipinski definition) is 8. The number of sulfonamides is 1. The van der Waals surface area contributed by atoms with Gasteiger partial charge in [-0.3, -0.25) is 9.59 Å². The molecule has 0 radical (unpaired) electrons. The fourth-order valence-electron chi connectivity index (χ4n) is 5.03. The molecule has 2 aromatic rings. The number of aliphatic hydroxyl groups excluding tert-OH is 1. The SMILES string of the molecule is COc1ccc(S(=O)(=O)N(C)C[C@H]2Oc3c(NC(=O)C4CCOCC4)cccc3C(=O)N([C@@H](C)CO)C[C@@H]2C)cc1. The Kier molecular flexibility index (Phi) is 9.90. The summed E-state index contributed by atoms with van der Waals surface area (Å²) in [6.07, 6.45) is 0.501. The number of carbonyl (C=O) groups excluding carboxylic acids is 2. The van der Waals surface area contributed by atoms with Gasteiger partial charge in [0.2, 0.25) is 15.9 Å². The van der Waals surface area contributed by atoms with Crippen molar-refractivity contribution in [3.05, 3.63) is 48.0 Å². The lowest BCUT2D eigenvalue weighted by Crippen LogP contribution is -2.50. The minimum absolute atomic E-state index is 0.0211. The molecule has 0 bridgehead atoms. The monoisotopic (exact) mass is 589 g/mol. The molecule has 0 saturated carbocycles. The number of ether oxygens (including phenoxy) is 3. The fourth-order valence-corrected chi connectivity index (χ4v) is 6.22. The molecule has 2 aromatic carbocycles. The predicted octanol–water partition coefficient (Wildman–Crippen LogP) is 2.60. The first-order valence-electron chi connectivity index (χ1n) is 13.8. The topological polar surface area (TPSA) is 135 Å². The average Bonchev–Trinajstić information content (AvgIpc) is 2.99. The Bertz CT molecular complexity index is 1330. The lowest BCUT2D eigenvalue weighted by molar-refractivity contribution is -0.122. The van der Waals surface area contributed by atoms with Crippen molar-refractivity contribution in [3.8, 4) is 11.5 Å². The molecule has 12 heteroatoms. The van der Waals surface area contributed by atoms with E-state index in [1.165, 1.54) is 30.6 Å². The van der Waals surface area contributed by atoms with E-state index >= 15 is 0 Å². The number of anilines is 1. The van der Waals surface area contributed by atoms with Gasteiger partial charge < -0.3 is 29.5 Å². The zero-order valence-corrected chi connectivity index (χ0v) is 24.7. The zero-order valence-electron chi connectivity index (χ0n) is 23.9. The number of methoxy groups -OCH3 is 1. The van der Waals surface area contributed by atoms with Crippen molar-refractivity contribution >= 4 is 27.5 Å². The highest BCUT2D eigenvalue weighted by Gasteiger charge is 2.36. The first kappa shape index (κ1) is 30.8. The number of carbonyl (C=O) groups is 2. The second kappa shape index (κ2) is 13.2. The lowest BCUT2D eigenvalue weighted by Gasteiger charge is -2.38. The molecule has 2 amide bonds. The highest BCUT2D eigenvalue weighted by molar-refractivity contribution is 7.89. The summed E-state index contributed by atoms with van der Waals surface area (Å²) in [6, 6.07) is 10.6. The summed E-state index contributed by atoms with van der Waals surface area (Å²) in [4.78, 5) is 28.5. The van der Waals surface area contributed by atoms with Crippen molar-refractivity contribution < 1.29 is 37.3 Å².